The summed E-state index contributed by atoms with van der Waals surface area (Å²) < 4.78 is 5.12. The highest BCUT2D eigenvalue weighted by Crippen LogP contribution is 2.33. The van der Waals surface area contributed by atoms with Gasteiger partial charge in [0, 0.05) is 31.6 Å². The van der Waals surface area contributed by atoms with Crippen molar-refractivity contribution < 1.29 is 9.53 Å². The van der Waals surface area contributed by atoms with Crippen LogP contribution in [0.25, 0.3) is 10.2 Å². The van der Waals surface area contributed by atoms with Crippen LogP contribution in [0.3, 0.4) is 0 Å². The molecule has 0 unspecified atom stereocenters. The first kappa shape index (κ1) is 14.5. The Morgan fingerprint density at radius 1 is 1.48 bits per heavy atom. The first-order valence-electron chi connectivity index (χ1n) is 6.78. The van der Waals surface area contributed by atoms with Gasteiger partial charge in [-0.25, -0.2) is 9.78 Å². The maximum atomic E-state index is 12.1. The number of ether oxygens (including phenoxy) is 1. The maximum Gasteiger partial charge on any atom is 0.339 e. The average molecular weight is 327 g/mol. The van der Waals surface area contributed by atoms with Crippen LogP contribution in [-0.2, 0) is 4.74 Å². The molecule has 1 aliphatic rings. The largest absolute Gasteiger partial charge is 0.462 e. The van der Waals surface area contributed by atoms with Crippen LogP contribution in [0.2, 0.25) is 5.28 Å². The summed E-state index contributed by atoms with van der Waals surface area (Å²) in [5, 5.41) is 6.00. The fraction of sp³-hybridized carbons (Fsp3) is 0.462. The Labute approximate surface area is 131 Å². The number of anilines is 1. The van der Waals surface area contributed by atoms with Gasteiger partial charge in [-0.1, -0.05) is 0 Å². The monoisotopic (exact) mass is 326 g/mol. The number of esters is 1. The third-order valence-electron chi connectivity index (χ3n) is 3.30. The molecule has 2 aromatic rings. The van der Waals surface area contributed by atoms with Crippen LogP contribution in [0, 0.1) is 0 Å². The lowest BCUT2D eigenvalue weighted by atomic mass is 10.2. The van der Waals surface area contributed by atoms with Gasteiger partial charge in [0.15, 0.2) is 0 Å². The predicted octanol–water partition coefficient (Wildman–Crippen LogP) is 1.93. The van der Waals surface area contributed by atoms with Crippen molar-refractivity contribution in [3.63, 3.8) is 0 Å². The van der Waals surface area contributed by atoms with Crippen LogP contribution < -0.4 is 10.2 Å². The van der Waals surface area contributed by atoms with Crippen molar-refractivity contribution >= 4 is 44.9 Å². The number of hydrogen-bond acceptors (Lipinski definition) is 7. The van der Waals surface area contributed by atoms with Crippen molar-refractivity contribution in [2.45, 2.75) is 6.92 Å². The highest BCUT2D eigenvalue weighted by Gasteiger charge is 2.23. The number of rotatable bonds is 3. The molecule has 0 atom stereocenters. The number of hydrogen-bond donors (Lipinski definition) is 1. The smallest absolute Gasteiger partial charge is 0.339 e. The first-order chi connectivity index (χ1) is 10.2. The summed E-state index contributed by atoms with van der Waals surface area (Å²) in [5.41, 5.74) is 0.516. The zero-order chi connectivity index (χ0) is 14.8. The molecule has 0 saturated carbocycles. The molecule has 1 aliphatic heterocycles. The Bertz CT molecular complexity index is 669. The average Bonchev–Trinajstić information content (AvgIpc) is 2.91. The van der Waals surface area contributed by atoms with Gasteiger partial charge < -0.3 is 15.0 Å². The van der Waals surface area contributed by atoms with Crippen LogP contribution in [0.1, 0.15) is 17.3 Å². The molecule has 0 spiro atoms. The zero-order valence-corrected chi connectivity index (χ0v) is 13.1. The summed E-state index contributed by atoms with van der Waals surface area (Å²) in [4.78, 5) is 23.5. The number of aromatic nitrogens is 2. The van der Waals surface area contributed by atoms with Crippen molar-refractivity contribution in [1.82, 2.24) is 15.3 Å². The molecule has 0 aliphatic carbocycles. The van der Waals surface area contributed by atoms with Crippen molar-refractivity contribution in [1.29, 1.82) is 0 Å². The van der Waals surface area contributed by atoms with Crippen LogP contribution in [0.5, 0.6) is 0 Å². The Morgan fingerprint density at radius 3 is 2.95 bits per heavy atom. The molecule has 3 heterocycles. The minimum atomic E-state index is -0.342. The van der Waals surface area contributed by atoms with Gasteiger partial charge in [-0.2, -0.15) is 4.98 Å². The molecule has 1 fully saturated rings. The van der Waals surface area contributed by atoms with Gasteiger partial charge in [0.2, 0.25) is 5.28 Å². The van der Waals surface area contributed by atoms with E-state index in [1.54, 1.807) is 12.3 Å². The Balaban J connectivity index is 2.12. The number of piperazine rings is 1. The van der Waals surface area contributed by atoms with E-state index in [2.05, 4.69) is 20.2 Å². The zero-order valence-electron chi connectivity index (χ0n) is 11.6. The van der Waals surface area contributed by atoms with E-state index in [0.29, 0.717) is 17.0 Å². The van der Waals surface area contributed by atoms with E-state index in [9.17, 15) is 4.79 Å². The molecule has 0 bridgehead atoms. The number of thiophene rings is 1. The molecule has 1 N–H and O–H groups in total. The van der Waals surface area contributed by atoms with Crippen molar-refractivity contribution in [3.05, 3.63) is 16.2 Å². The van der Waals surface area contributed by atoms with E-state index in [1.165, 1.54) is 11.3 Å². The summed E-state index contributed by atoms with van der Waals surface area (Å²) in [6.07, 6.45) is 0. The summed E-state index contributed by atoms with van der Waals surface area (Å²) in [5.74, 6) is 0.377. The second-order valence-electron chi connectivity index (χ2n) is 4.60. The van der Waals surface area contributed by atoms with Gasteiger partial charge in [-0.05, 0) is 18.5 Å². The van der Waals surface area contributed by atoms with E-state index in [1.807, 2.05) is 0 Å². The quantitative estimate of drug-likeness (QED) is 0.686. The van der Waals surface area contributed by atoms with Gasteiger partial charge in [-0.15, -0.1) is 11.3 Å². The normalized spacial score (nSPS) is 15.4. The molecule has 6 nitrogen and oxygen atoms in total. The molecule has 21 heavy (non-hydrogen) atoms. The summed E-state index contributed by atoms with van der Waals surface area (Å²) in [7, 11) is 0. The maximum absolute atomic E-state index is 12.1. The lowest BCUT2D eigenvalue weighted by Crippen LogP contribution is -2.44. The molecular formula is C13H15ClN4O2S. The molecular weight excluding hydrogens is 312 g/mol. The summed E-state index contributed by atoms with van der Waals surface area (Å²) >= 11 is 7.40. The van der Waals surface area contributed by atoms with Crippen molar-refractivity contribution in [3.8, 4) is 0 Å². The van der Waals surface area contributed by atoms with E-state index in [0.717, 1.165) is 37.4 Å². The Kier molecular flexibility index (Phi) is 4.23. The highest BCUT2D eigenvalue weighted by molar-refractivity contribution is 7.17. The molecule has 0 amide bonds. The third-order valence-corrected chi connectivity index (χ3v) is 4.34. The van der Waals surface area contributed by atoms with Crippen LogP contribution in [0.15, 0.2) is 5.38 Å². The van der Waals surface area contributed by atoms with Crippen LogP contribution in [-0.4, -0.2) is 48.7 Å². The second-order valence-corrected chi connectivity index (χ2v) is 5.80. The number of fused-ring (bicyclic) bond motifs is 1. The third kappa shape index (κ3) is 2.81. The molecule has 8 heteroatoms. The number of nitrogens with one attached hydrogen (secondary N) is 1. The lowest BCUT2D eigenvalue weighted by molar-refractivity contribution is 0.0529. The minimum absolute atomic E-state index is 0.202. The number of nitrogens with zero attached hydrogens (tertiary/aromatic N) is 3. The van der Waals surface area contributed by atoms with Crippen molar-refractivity contribution in [2.75, 3.05) is 37.7 Å². The Hall–Kier alpha value is -1.44. The molecule has 2 aromatic heterocycles. The van der Waals surface area contributed by atoms with E-state index < -0.39 is 0 Å². The molecule has 1 saturated heterocycles. The predicted molar refractivity (Wildman–Crippen MR) is 83.5 cm³/mol. The van der Waals surface area contributed by atoms with E-state index in [4.69, 9.17) is 16.3 Å². The highest BCUT2D eigenvalue weighted by atomic mass is 35.5. The van der Waals surface area contributed by atoms with Crippen LogP contribution in [0.4, 0.5) is 5.82 Å². The molecule has 3 rings (SSSR count). The SMILES string of the molecule is CCOC(=O)c1csc2nc(Cl)nc(N3CCNCC3)c12. The van der Waals surface area contributed by atoms with Gasteiger partial charge in [0.1, 0.15) is 10.6 Å². The van der Waals surface area contributed by atoms with E-state index in [-0.39, 0.29) is 11.3 Å². The fourth-order valence-electron chi connectivity index (χ4n) is 2.36. The summed E-state index contributed by atoms with van der Waals surface area (Å²) in [6.45, 7) is 5.52. The minimum Gasteiger partial charge on any atom is -0.462 e. The van der Waals surface area contributed by atoms with Gasteiger partial charge >= 0.3 is 5.97 Å². The summed E-state index contributed by atoms with van der Waals surface area (Å²) in [6, 6.07) is 0. The van der Waals surface area contributed by atoms with Gasteiger partial charge in [-0.3, -0.25) is 0 Å². The Morgan fingerprint density at radius 2 is 2.24 bits per heavy atom. The topological polar surface area (TPSA) is 67.3 Å². The molecule has 0 aromatic carbocycles. The fourth-order valence-corrected chi connectivity index (χ4v) is 3.48. The number of carbonyl (C=O) groups is 1. The molecule has 112 valence electrons. The van der Waals surface area contributed by atoms with E-state index >= 15 is 0 Å². The van der Waals surface area contributed by atoms with Crippen LogP contribution >= 0.6 is 22.9 Å². The van der Waals surface area contributed by atoms with Gasteiger partial charge in [0.05, 0.1) is 17.6 Å². The number of carbonyl (C=O) groups excluding carboxylic acids is 1. The molecule has 0 radical (unpaired) electrons. The lowest BCUT2D eigenvalue weighted by Gasteiger charge is -2.29. The first-order valence-corrected chi connectivity index (χ1v) is 8.04. The van der Waals surface area contributed by atoms with Gasteiger partial charge in [0.25, 0.3) is 0 Å². The number of halogens is 1. The van der Waals surface area contributed by atoms with Crippen molar-refractivity contribution in [2.24, 2.45) is 0 Å². The standard InChI is InChI=1S/C13H15ClN4O2S/c1-2-20-12(19)8-7-21-11-9(8)10(16-13(14)17-11)18-5-3-15-4-6-18/h7,15H,2-6H2,1H3. The second kappa shape index (κ2) is 6.13.